The molecule has 0 heterocycles. The van der Waals surface area contributed by atoms with Crippen LogP contribution in [0.5, 0.6) is 0 Å². The molecule has 0 aliphatic heterocycles. The maximum Gasteiger partial charge on any atom is 0.251 e. The second kappa shape index (κ2) is 8.56. The minimum absolute atomic E-state index is 0.141. The van der Waals surface area contributed by atoms with Gasteiger partial charge in [-0.25, -0.2) is 0 Å². The van der Waals surface area contributed by atoms with E-state index in [9.17, 15) is 9.59 Å². The molecule has 0 bridgehead atoms. The van der Waals surface area contributed by atoms with Gasteiger partial charge in [-0.2, -0.15) is 0 Å². The average Bonchev–Trinajstić information content (AvgIpc) is 2.55. The zero-order chi connectivity index (χ0) is 16.7. The number of nitrogens with one attached hydrogen (secondary N) is 2. The monoisotopic (exact) mass is 350 g/mol. The number of rotatable bonds is 6. The molecule has 4 nitrogen and oxygen atoms in total. The molecule has 6 heteroatoms. The van der Waals surface area contributed by atoms with Gasteiger partial charge >= 0.3 is 0 Å². The Balaban J connectivity index is 1.70. The third kappa shape index (κ3) is 5.58. The summed E-state index contributed by atoms with van der Waals surface area (Å²) in [6.07, 6.45) is 0.848. The van der Waals surface area contributed by atoms with Gasteiger partial charge in [0.15, 0.2) is 0 Å². The fraction of sp³-hybridized carbons (Fsp3) is 0.176. The second-order valence-electron chi connectivity index (χ2n) is 4.90. The van der Waals surface area contributed by atoms with Gasteiger partial charge in [-0.3, -0.25) is 9.59 Å². The van der Waals surface area contributed by atoms with E-state index in [1.165, 1.54) is 0 Å². The van der Waals surface area contributed by atoms with Crippen LogP contribution in [-0.4, -0.2) is 18.4 Å². The van der Waals surface area contributed by atoms with E-state index >= 15 is 0 Å². The molecule has 0 aliphatic carbocycles. The summed E-state index contributed by atoms with van der Waals surface area (Å²) in [5, 5.41) is 6.34. The van der Waals surface area contributed by atoms with Crippen LogP contribution in [0, 0.1) is 0 Å². The van der Waals surface area contributed by atoms with Crippen LogP contribution in [0.3, 0.4) is 0 Å². The van der Waals surface area contributed by atoms with Crippen molar-refractivity contribution < 1.29 is 9.59 Å². The first-order chi connectivity index (χ1) is 11.1. The summed E-state index contributed by atoms with van der Waals surface area (Å²) in [5.41, 5.74) is 1.20. The standard InChI is InChI=1S/C17H16Cl2N2O2/c18-14-9-8-13(11-15(14)19)21-16(22)7-4-10-20-17(23)12-5-2-1-3-6-12/h1-3,5-6,8-9,11H,4,7,10H2,(H,20,23)(H,21,22). The molecule has 0 unspecified atom stereocenters. The maximum absolute atomic E-state index is 11.8. The van der Waals surface area contributed by atoms with Crippen molar-refractivity contribution in [3.8, 4) is 0 Å². The van der Waals surface area contributed by atoms with Gasteiger partial charge in [0, 0.05) is 24.2 Å². The van der Waals surface area contributed by atoms with E-state index in [2.05, 4.69) is 10.6 Å². The van der Waals surface area contributed by atoms with Crippen LogP contribution < -0.4 is 10.6 Å². The van der Waals surface area contributed by atoms with Crippen molar-refractivity contribution in [2.75, 3.05) is 11.9 Å². The lowest BCUT2D eigenvalue weighted by atomic mass is 10.2. The molecule has 2 aromatic carbocycles. The predicted molar refractivity (Wildman–Crippen MR) is 93.1 cm³/mol. The quantitative estimate of drug-likeness (QED) is 0.769. The molecular formula is C17H16Cl2N2O2. The summed E-state index contributed by atoms with van der Waals surface area (Å²) >= 11 is 11.7. The fourth-order valence-corrected chi connectivity index (χ4v) is 2.24. The summed E-state index contributed by atoms with van der Waals surface area (Å²) < 4.78 is 0. The Bertz CT molecular complexity index is 690. The Hall–Kier alpha value is -2.04. The average molecular weight is 351 g/mol. The van der Waals surface area contributed by atoms with Crippen LogP contribution in [0.15, 0.2) is 48.5 Å². The number of amides is 2. The molecule has 0 fully saturated rings. The van der Waals surface area contributed by atoms with Gasteiger partial charge in [0.1, 0.15) is 0 Å². The zero-order valence-corrected chi connectivity index (χ0v) is 13.8. The molecule has 0 radical (unpaired) electrons. The first kappa shape index (κ1) is 17.3. The highest BCUT2D eigenvalue weighted by atomic mass is 35.5. The van der Waals surface area contributed by atoms with Crippen molar-refractivity contribution in [3.63, 3.8) is 0 Å². The molecule has 0 saturated carbocycles. The third-order valence-electron chi connectivity index (χ3n) is 3.11. The molecule has 2 aromatic rings. The molecule has 0 aliphatic rings. The van der Waals surface area contributed by atoms with Gasteiger partial charge in [0.25, 0.3) is 5.91 Å². The van der Waals surface area contributed by atoms with Crippen molar-refractivity contribution in [1.82, 2.24) is 5.32 Å². The first-order valence-corrected chi connectivity index (χ1v) is 7.90. The number of carbonyl (C=O) groups excluding carboxylic acids is 2. The van der Waals surface area contributed by atoms with Crippen LogP contribution in [-0.2, 0) is 4.79 Å². The summed E-state index contributed by atoms with van der Waals surface area (Å²) in [5.74, 6) is -0.284. The second-order valence-corrected chi connectivity index (χ2v) is 5.72. The highest BCUT2D eigenvalue weighted by Gasteiger charge is 2.06. The lowest BCUT2D eigenvalue weighted by molar-refractivity contribution is -0.116. The summed E-state index contributed by atoms with van der Waals surface area (Å²) in [7, 11) is 0. The van der Waals surface area contributed by atoms with Gasteiger partial charge in [-0.05, 0) is 36.8 Å². The molecule has 120 valence electrons. The van der Waals surface area contributed by atoms with Crippen LogP contribution in [0.25, 0.3) is 0 Å². The van der Waals surface area contributed by atoms with Crippen LogP contribution in [0.2, 0.25) is 10.0 Å². The van der Waals surface area contributed by atoms with Gasteiger partial charge < -0.3 is 10.6 Å². The Morgan fingerprint density at radius 3 is 2.39 bits per heavy atom. The Kier molecular flexibility index (Phi) is 6.44. The van der Waals surface area contributed by atoms with Crippen molar-refractivity contribution in [3.05, 3.63) is 64.1 Å². The van der Waals surface area contributed by atoms with Crippen LogP contribution in [0.1, 0.15) is 23.2 Å². The lowest BCUT2D eigenvalue weighted by Crippen LogP contribution is -2.25. The third-order valence-corrected chi connectivity index (χ3v) is 3.84. The van der Waals surface area contributed by atoms with Crippen LogP contribution >= 0.6 is 23.2 Å². The smallest absolute Gasteiger partial charge is 0.251 e. The molecule has 23 heavy (non-hydrogen) atoms. The molecular weight excluding hydrogens is 335 g/mol. The number of halogens is 2. The van der Waals surface area contributed by atoms with Gasteiger partial charge in [0.2, 0.25) is 5.91 Å². The molecule has 2 N–H and O–H groups in total. The van der Waals surface area contributed by atoms with Gasteiger partial charge in [0.05, 0.1) is 10.0 Å². The van der Waals surface area contributed by atoms with Crippen LogP contribution in [0.4, 0.5) is 5.69 Å². The molecule has 0 saturated heterocycles. The largest absolute Gasteiger partial charge is 0.352 e. The number of benzene rings is 2. The Morgan fingerprint density at radius 1 is 0.957 bits per heavy atom. The highest BCUT2D eigenvalue weighted by Crippen LogP contribution is 2.25. The lowest BCUT2D eigenvalue weighted by Gasteiger charge is -2.07. The summed E-state index contributed by atoms with van der Waals surface area (Å²) in [6.45, 7) is 0.433. The predicted octanol–water partition coefficient (Wildman–Crippen LogP) is 4.14. The van der Waals surface area contributed by atoms with Gasteiger partial charge in [-0.1, -0.05) is 41.4 Å². The molecule has 0 atom stereocenters. The normalized spacial score (nSPS) is 10.2. The van der Waals surface area contributed by atoms with E-state index in [0.29, 0.717) is 40.7 Å². The Labute approximate surface area is 144 Å². The van der Waals surface area contributed by atoms with Gasteiger partial charge in [-0.15, -0.1) is 0 Å². The number of anilines is 1. The molecule has 0 aromatic heterocycles. The minimum atomic E-state index is -0.143. The SMILES string of the molecule is O=C(CCCNC(=O)c1ccccc1)Nc1ccc(Cl)c(Cl)c1. The minimum Gasteiger partial charge on any atom is -0.352 e. The van der Waals surface area contributed by atoms with Crippen molar-refractivity contribution in [2.24, 2.45) is 0 Å². The molecule has 2 amide bonds. The van der Waals surface area contributed by atoms with Crippen molar-refractivity contribution in [2.45, 2.75) is 12.8 Å². The van der Waals surface area contributed by atoms with Crippen molar-refractivity contribution >= 4 is 40.7 Å². The first-order valence-electron chi connectivity index (χ1n) is 7.14. The van der Waals surface area contributed by atoms with E-state index in [1.807, 2.05) is 6.07 Å². The van der Waals surface area contributed by atoms with E-state index in [4.69, 9.17) is 23.2 Å². The number of carbonyl (C=O) groups is 2. The number of hydrogen-bond acceptors (Lipinski definition) is 2. The molecule has 2 rings (SSSR count). The number of hydrogen-bond donors (Lipinski definition) is 2. The summed E-state index contributed by atoms with van der Waals surface area (Å²) in [4.78, 5) is 23.6. The summed E-state index contributed by atoms with van der Waals surface area (Å²) in [6, 6.07) is 13.9. The zero-order valence-electron chi connectivity index (χ0n) is 12.3. The van der Waals surface area contributed by atoms with E-state index in [-0.39, 0.29) is 11.8 Å². The van der Waals surface area contributed by atoms with E-state index in [0.717, 1.165) is 0 Å². The molecule has 0 spiro atoms. The van der Waals surface area contributed by atoms with E-state index < -0.39 is 0 Å². The topological polar surface area (TPSA) is 58.2 Å². The van der Waals surface area contributed by atoms with E-state index in [1.54, 1.807) is 42.5 Å². The maximum atomic E-state index is 11.8. The highest BCUT2D eigenvalue weighted by molar-refractivity contribution is 6.42. The Morgan fingerprint density at radius 2 is 1.70 bits per heavy atom. The fourth-order valence-electron chi connectivity index (χ4n) is 1.94. The van der Waals surface area contributed by atoms with Crippen molar-refractivity contribution in [1.29, 1.82) is 0 Å².